The number of anilines is 1. The molecule has 0 unspecified atom stereocenters. The number of hydrogen-bond donors (Lipinski definition) is 1. The zero-order chi connectivity index (χ0) is 8.55. The van der Waals surface area contributed by atoms with Crippen molar-refractivity contribution in [1.82, 2.24) is 0 Å². The van der Waals surface area contributed by atoms with Crippen LogP contribution in [0, 0.1) is 0 Å². The minimum atomic E-state index is 0.120. The van der Waals surface area contributed by atoms with Crippen LogP contribution in [-0.2, 0) is 6.42 Å². The number of benzene rings is 1. The number of rotatable bonds is 1. The fraction of sp³-hybridized carbons (Fsp3) is 0.333. The lowest BCUT2D eigenvalue weighted by atomic mass is 10.2. The number of halogens is 1. The maximum Gasteiger partial charge on any atom is 0.115 e. The molecule has 64 valence electrons. The van der Waals surface area contributed by atoms with Gasteiger partial charge < -0.3 is 10.0 Å². The van der Waals surface area contributed by atoms with Gasteiger partial charge in [-0.25, -0.2) is 0 Å². The molecule has 0 bridgehead atoms. The molecule has 1 aliphatic heterocycles. The van der Waals surface area contributed by atoms with Crippen LogP contribution < -0.4 is 4.90 Å². The Balaban J connectivity index is 2.40. The SMILES string of the molecule is OCN1CCc2cc(Br)ccc21. The Hall–Kier alpha value is -0.540. The lowest BCUT2D eigenvalue weighted by Crippen LogP contribution is -2.20. The Bertz CT molecular complexity index is 301. The second-order valence-electron chi connectivity index (χ2n) is 2.93. The molecule has 0 saturated heterocycles. The molecule has 0 aliphatic carbocycles. The Morgan fingerprint density at radius 2 is 2.33 bits per heavy atom. The summed E-state index contributed by atoms with van der Waals surface area (Å²) in [6.07, 6.45) is 1.04. The lowest BCUT2D eigenvalue weighted by molar-refractivity contribution is 0.294. The monoisotopic (exact) mass is 227 g/mol. The molecule has 0 fully saturated rings. The van der Waals surface area contributed by atoms with Crippen molar-refractivity contribution in [3.63, 3.8) is 0 Å². The van der Waals surface area contributed by atoms with Crippen LogP contribution in [0.25, 0.3) is 0 Å². The highest BCUT2D eigenvalue weighted by atomic mass is 79.9. The molecule has 0 radical (unpaired) electrons. The molecule has 0 saturated carbocycles. The van der Waals surface area contributed by atoms with Crippen molar-refractivity contribution in [3.8, 4) is 0 Å². The van der Waals surface area contributed by atoms with Crippen LogP contribution in [0.2, 0.25) is 0 Å². The van der Waals surface area contributed by atoms with E-state index in [0.29, 0.717) is 0 Å². The van der Waals surface area contributed by atoms with Crippen LogP contribution in [0.4, 0.5) is 5.69 Å². The maximum absolute atomic E-state index is 9.00. The molecular weight excluding hydrogens is 218 g/mol. The van der Waals surface area contributed by atoms with E-state index in [0.717, 1.165) is 17.4 Å². The van der Waals surface area contributed by atoms with Gasteiger partial charge in [0.2, 0.25) is 0 Å². The van der Waals surface area contributed by atoms with E-state index in [1.54, 1.807) is 0 Å². The molecule has 1 aromatic rings. The molecule has 12 heavy (non-hydrogen) atoms. The van der Waals surface area contributed by atoms with Gasteiger partial charge in [-0.3, -0.25) is 0 Å². The second-order valence-corrected chi connectivity index (χ2v) is 3.84. The van der Waals surface area contributed by atoms with Gasteiger partial charge >= 0.3 is 0 Å². The zero-order valence-electron chi connectivity index (χ0n) is 6.63. The summed E-state index contributed by atoms with van der Waals surface area (Å²) in [5, 5.41) is 9.00. The van der Waals surface area contributed by atoms with Crippen LogP contribution in [-0.4, -0.2) is 18.4 Å². The van der Waals surface area contributed by atoms with Gasteiger partial charge in [-0.15, -0.1) is 0 Å². The van der Waals surface area contributed by atoms with Crippen molar-refractivity contribution in [2.45, 2.75) is 6.42 Å². The standard InChI is InChI=1S/C9H10BrNO/c10-8-1-2-9-7(5-8)3-4-11(9)6-12/h1-2,5,12H,3-4,6H2. The van der Waals surface area contributed by atoms with E-state index in [2.05, 4.69) is 22.0 Å². The van der Waals surface area contributed by atoms with Gasteiger partial charge in [0.15, 0.2) is 0 Å². The first kappa shape index (κ1) is 8.08. The van der Waals surface area contributed by atoms with Crippen molar-refractivity contribution < 1.29 is 5.11 Å². The molecular formula is C9H10BrNO. The summed E-state index contributed by atoms with van der Waals surface area (Å²) in [5.74, 6) is 0. The van der Waals surface area contributed by atoms with E-state index < -0.39 is 0 Å². The zero-order valence-corrected chi connectivity index (χ0v) is 8.21. The number of nitrogens with zero attached hydrogens (tertiary/aromatic N) is 1. The molecule has 3 heteroatoms. The smallest absolute Gasteiger partial charge is 0.115 e. The fourth-order valence-electron chi connectivity index (χ4n) is 1.59. The predicted octanol–water partition coefficient (Wildman–Crippen LogP) is 1.76. The summed E-state index contributed by atoms with van der Waals surface area (Å²) >= 11 is 3.43. The van der Waals surface area contributed by atoms with Gasteiger partial charge in [0.25, 0.3) is 0 Å². The minimum Gasteiger partial charge on any atom is -0.376 e. The van der Waals surface area contributed by atoms with Crippen molar-refractivity contribution in [2.24, 2.45) is 0 Å². The minimum absolute atomic E-state index is 0.120. The normalized spacial score (nSPS) is 15.0. The van der Waals surface area contributed by atoms with Gasteiger partial charge in [-0.2, -0.15) is 0 Å². The molecule has 0 amide bonds. The van der Waals surface area contributed by atoms with E-state index in [4.69, 9.17) is 5.11 Å². The van der Waals surface area contributed by atoms with Gasteiger partial charge in [0.05, 0.1) is 0 Å². The molecule has 1 N–H and O–H groups in total. The quantitative estimate of drug-likeness (QED) is 0.791. The summed E-state index contributed by atoms with van der Waals surface area (Å²) in [6, 6.07) is 6.17. The van der Waals surface area contributed by atoms with Crippen LogP contribution in [0.15, 0.2) is 22.7 Å². The van der Waals surface area contributed by atoms with Crippen LogP contribution in [0.1, 0.15) is 5.56 Å². The maximum atomic E-state index is 9.00. The van der Waals surface area contributed by atoms with Gasteiger partial charge in [0.1, 0.15) is 6.73 Å². The van der Waals surface area contributed by atoms with Crippen LogP contribution >= 0.6 is 15.9 Å². The van der Waals surface area contributed by atoms with Crippen molar-refractivity contribution in [3.05, 3.63) is 28.2 Å². The van der Waals surface area contributed by atoms with Gasteiger partial charge in [-0.05, 0) is 30.2 Å². The molecule has 1 aliphatic rings. The number of fused-ring (bicyclic) bond motifs is 1. The largest absolute Gasteiger partial charge is 0.376 e. The highest BCUT2D eigenvalue weighted by Gasteiger charge is 2.17. The molecule has 1 aromatic carbocycles. The van der Waals surface area contributed by atoms with Crippen molar-refractivity contribution >= 4 is 21.6 Å². The van der Waals surface area contributed by atoms with Crippen molar-refractivity contribution in [1.29, 1.82) is 0 Å². The second kappa shape index (κ2) is 3.07. The predicted molar refractivity (Wildman–Crippen MR) is 52.3 cm³/mol. The summed E-state index contributed by atoms with van der Waals surface area (Å²) in [6.45, 7) is 1.05. The molecule has 0 aromatic heterocycles. The molecule has 0 atom stereocenters. The third kappa shape index (κ3) is 1.23. The summed E-state index contributed by atoms with van der Waals surface area (Å²) in [5.41, 5.74) is 2.49. The molecule has 1 heterocycles. The molecule has 0 spiro atoms. The summed E-state index contributed by atoms with van der Waals surface area (Å²) in [4.78, 5) is 1.97. The lowest BCUT2D eigenvalue weighted by Gasteiger charge is -2.14. The third-order valence-corrected chi connectivity index (χ3v) is 2.70. The Labute approximate surface area is 79.9 Å². The van der Waals surface area contributed by atoms with Crippen molar-refractivity contribution in [2.75, 3.05) is 18.2 Å². The number of aliphatic hydroxyl groups excluding tert-OH is 1. The topological polar surface area (TPSA) is 23.5 Å². The van der Waals surface area contributed by atoms with E-state index in [9.17, 15) is 0 Å². The van der Waals surface area contributed by atoms with E-state index in [-0.39, 0.29) is 6.73 Å². The first-order valence-corrected chi connectivity index (χ1v) is 4.75. The summed E-state index contributed by atoms with van der Waals surface area (Å²) in [7, 11) is 0. The van der Waals surface area contributed by atoms with E-state index in [1.807, 2.05) is 17.0 Å². The number of hydrogen-bond acceptors (Lipinski definition) is 2. The van der Waals surface area contributed by atoms with E-state index in [1.165, 1.54) is 11.3 Å². The molecule has 2 rings (SSSR count). The Morgan fingerprint density at radius 3 is 3.08 bits per heavy atom. The Morgan fingerprint density at radius 1 is 1.50 bits per heavy atom. The van der Waals surface area contributed by atoms with E-state index >= 15 is 0 Å². The highest BCUT2D eigenvalue weighted by molar-refractivity contribution is 9.10. The molecule has 2 nitrogen and oxygen atoms in total. The highest BCUT2D eigenvalue weighted by Crippen LogP contribution is 2.29. The van der Waals surface area contributed by atoms with Gasteiger partial charge in [0, 0.05) is 16.7 Å². The van der Waals surface area contributed by atoms with Crippen LogP contribution in [0.3, 0.4) is 0 Å². The summed E-state index contributed by atoms with van der Waals surface area (Å²) < 4.78 is 1.11. The first-order valence-electron chi connectivity index (χ1n) is 3.95. The Kier molecular flexibility index (Phi) is 2.07. The number of aliphatic hydroxyl groups is 1. The van der Waals surface area contributed by atoms with Gasteiger partial charge in [-0.1, -0.05) is 15.9 Å². The third-order valence-electron chi connectivity index (χ3n) is 2.20. The first-order chi connectivity index (χ1) is 5.81. The fourth-order valence-corrected chi connectivity index (χ4v) is 1.99. The van der Waals surface area contributed by atoms with Crippen LogP contribution in [0.5, 0.6) is 0 Å². The average Bonchev–Trinajstić information content (AvgIpc) is 2.46. The average molecular weight is 228 g/mol.